The zero-order valence-corrected chi connectivity index (χ0v) is 9.05. The average Bonchev–Trinajstić information content (AvgIpc) is 1.84. The SMILES string of the molecule is CC(=O)CC(C)CC(C)C(C)C. The number of carbonyl (C=O) groups excluding carboxylic acids is 1. The first-order chi connectivity index (χ1) is 5.43. The molecule has 1 heteroatoms. The summed E-state index contributed by atoms with van der Waals surface area (Å²) in [6.45, 7) is 10.6. The van der Waals surface area contributed by atoms with E-state index in [1.165, 1.54) is 6.42 Å². The van der Waals surface area contributed by atoms with E-state index in [0.717, 1.165) is 18.3 Å². The van der Waals surface area contributed by atoms with E-state index in [2.05, 4.69) is 27.7 Å². The third-order valence-corrected chi connectivity index (χ3v) is 2.55. The van der Waals surface area contributed by atoms with Gasteiger partial charge in [-0.05, 0) is 31.1 Å². The van der Waals surface area contributed by atoms with Gasteiger partial charge < -0.3 is 4.79 Å². The topological polar surface area (TPSA) is 17.1 Å². The van der Waals surface area contributed by atoms with Gasteiger partial charge in [0.15, 0.2) is 0 Å². The standard InChI is InChI=1S/C11H22O/c1-8(2)10(4)6-9(3)7-11(5)12/h8-10H,6-7H2,1-5H3. The molecule has 0 aliphatic heterocycles. The molecule has 2 atom stereocenters. The lowest BCUT2D eigenvalue weighted by Gasteiger charge is -2.19. The van der Waals surface area contributed by atoms with Crippen molar-refractivity contribution in [2.45, 2.75) is 47.5 Å². The maximum Gasteiger partial charge on any atom is 0.130 e. The normalized spacial score (nSPS) is 16.2. The summed E-state index contributed by atoms with van der Waals surface area (Å²) >= 11 is 0. The van der Waals surface area contributed by atoms with Crippen LogP contribution in [0.5, 0.6) is 0 Å². The Hall–Kier alpha value is -0.330. The van der Waals surface area contributed by atoms with Crippen molar-refractivity contribution in [2.24, 2.45) is 17.8 Å². The lowest BCUT2D eigenvalue weighted by Crippen LogP contribution is -2.11. The van der Waals surface area contributed by atoms with Crippen LogP contribution in [0.15, 0.2) is 0 Å². The third-order valence-electron chi connectivity index (χ3n) is 2.55. The van der Waals surface area contributed by atoms with Crippen molar-refractivity contribution < 1.29 is 4.79 Å². The van der Waals surface area contributed by atoms with Gasteiger partial charge in [-0.15, -0.1) is 0 Å². The predicted molar refractivity (Wildman–Crippen MR) is 53.1 cm³/mol. The Kier molecular flexibility index (Phi) is 5.19. The van der Waals surface area contributed by atoms with Crippen LogP contribution in [0.2, 0.25) is 0 Å². The summed E-state index contributed by atoms with van der Waals surface area (Å²) in [7, 11) is 0. The average molecular weight is 170 g/mol. The van der Waals surface area contributed by atoms with Crippen LogP contribution in [0, 0.1) is 17.8 Å². The Balaban J connectivity index is 3.68. The number of hydrogen-bond acceptors (Lipinski definition) is 1. The first kappa shape index (κ1) is 11.7. The molecule has 72 valence electrons. The van der Waals surface area contributed by atoms with Gasteiger partial charge in [-0.25, -0.2) is 0 Å². The molecule has 0 amide bonds. The maximum absolute atomic E-state index is 10.8. The van der Waals surface area contributed by atoms with Crippen LogP contribution in [0.1, 0.15) is 47.5 Å². The molecule has 0 radical (unpaired) electrons. The van der Waals surface area contributed by atoms with Crippen LogP contribution in [0.3, 0.4) is 0 Å². The molecule has 0 aromatic carbocycles. The zero-order chi connectivity index (χ0) is 9.72. The van der Waals surface area contributed by atoms with Gasteiger partial charge in [0.25, 0.3) is 0 Å². The van der Waals surface area contributed by atoms with E-state index in [9.17, 15) is 4.79 Å². The molecule has 0 N–H and O–H groups in total. The van der Waals surface area contributed by atoms with E-state index in [4.69, 9.17) is 0 Å². The quantitative estimate of drug-likeness (QED) is 0.619. The largest absolute Gasteiger partial charge is 0.300 e. The monoisotopic (exact) mass is 170 g/mol. The second kappa shape index (κ2) is 5.34. The summed E-state index contributed by atoms with van der Waals surface area (Å²) in [5.74, 6) is 2.34. The molecular formula is C11H22O. The lowest BCUT2D eigenvalue weighted by atomic mass is 9.87. The van der Waals surface area contributed by atoms with E-state index < -0.39 is 0 Å². The fourth-order valence-corrected chi connectivity index (χ4v) is 1.48. The molecule has 0 aromatic rings. The number of rotatable bonds is 5. The number of Topliss-reactive ketones (excluding diaryl/α,β-unsaturated/α-hetero) is 1. The van der Waals surface area contributed by atoms with Gasteiger partial charge in [0.2, 0.25) is 0 Å². The van der Waals surface area contributed by atoms with Crippen LogP contribution in [-0.4, -0.2) is 5.78 Å². The number of ketones is 1. The highest BCUT2D eigenvalue weighted by atomic mass is 16.1. The highest BCUT2D eigenvalue weighted by molar-refractivity contribution is 5.75. The van der Waals surface area contributed by atoms with Crippen molar-refractivity contribution in [3.63, 3.8) is 0 Å². The van der Waals surface area contributed by atoms with Crippen LogP contribution < -0.4 is 0 Å². The smallest absolute Gasteiger partial charge is 0.130 e. The molecular weight excluding hydrogens is 148 g/mol. The van der Waals surface area contributed by atoms with Crippen molar-refractivity contribution in [2.75, 3.05) is 0 Å². The van der Waals surface area contributed by atoms with Gasteiger partial charge in [-0.2, -0.15) is 0 Å². The molecule has 0 saturated carbocycles. The summed E-state index contributed by atoms with van der Waals surface area (Å²) in [4.78, 5) is 10.8. The molecule has 0 saturated heterocycles. The minimum atomic E-state index is 0.318. The summed E-state index contributed by atoms with van der Waals surface area (Å²) in [5, 5.41) is 0. The lowest BCUT2D eigenvalue weighted by molar-refractivity contribution is -0.117. The van der Waals surface area contributed by atoms with E-state index >= 15 is 0 Å². The van der Waals surface area contributed by atoms with Crippen LogP contribution in [-0.2, 0) is 4.79 Å². The molecule has 0 aliphatic carbocycles. The molecule has 0 aliphatic rings. The molecule has 1 nitrogen and oxygen atoms in total. The molecule has 0 aromatic heterocycles. The molecule has 0 heterocycles. The second-order valence-electron chi connectivity index (χ2n) is 4.47. The van der Waals surface area contributed by atoms with Crippen molar-refractivity contribution in [1.82, 2.24) is 0 Å². The Morgan fingerprint density at radius 1 is 1.17 bits per heavy atom. The summed E-state index contributed by atoms with van der Waals surface area (Å²) in [6, 6.07) is 0. The van der Waals surface area contributed by atoms with Crippen LogP contribution >= 0.6 is 0 Å². The van der Waals surface area contributed by atoms with Gasteiger partial charge >= 0.3 is 0 Å². The molecule has 2 unspecified atom stereocenters. The highest BCUT2D eigenvalue weighted by Crippen LogP contribution is 2.21. The first-order valence-corrected chi connectivity index (χ1v) is 4.93. The third kappa shape index (κ3) is 5.34. The van der Waals surface area contributed by atoms with Gasteiger partial charge in [0.1, 0.15) is 5.78 Å². The number of carbonyl (C=O) groups is 1. The van der Waals surface area contributed by atoms with E-state index in [-0.39, 0.29) is 0 Å². The Bertz CT molecular complexity index is 138. The minimum Gasteiger partial charge on any atom is -0.300 e. The summed E-state index contributed by atoms with van der Waals surface area (Å²) < 4.78 is 0. The van der Waals surface area contributed by atoms with E-state index in [1.807, 2.05) is 0 Å². The van der Waals surface area contributed by atoms with Gasteiger partial charge in [0.05, 0.1) is 0 Å². The van der Waals surface area contributed by atoms with E-state index in [0.29, 0.717) is 11.7 Å². The fourth-order valence-electron chi connectivity index (χ4n) is 1.48. The summed E-state index contributed by atoms with van der Waals surface area (Å²) in [6.07, 6.45) is 1.92. The summed E-state index contributed by atoms with van der Waals surface area (Å²) in [5.41, 5.74) is 0. The molecule has 0 rings (SSSR count). The molecule has 0 fully saturated rings. The Morgan fingerprint density at radius 2 is 1.67 bits per heavy atom. The molecule has 0 bridgehead atoms. The number of hydrogen-bond donors (Lipinski definition) is 0. The van der Waals surface area contributed by atoms with Gasteiger partial charge in [0, 0.05) is 6.42 Å². The minimum absolute atomic E-state index is 0.318. The van der Waals surface area contributed by atoms with Gasteiger partial charge in [-0.1, -0.05) is 27.7 Å². The van der Waals surface area contributed by atoms with Crippen molar-refractivity contribution >= 4 is 5.78 Å². The highest BCUT2D eigenvalue weighted by Gasteiger charge is 2.12. The second-order valence-corrected chi connectivity index (χ2v) is 4.47. The fraction of sp³-hybridized carbons (Fsp3) is 0.909. The molecule has 0 spiro atoms. The Labute approximate surface area is 76.6 Å². The predicted octanol–water partition coefficient (Wildman–Crippen LogP) is 3.28. The zero-order valence-electron chi connectivity index (χ0n) is 9.05. The van der Waals surface area contributed by atoms with Crippen molar-refractivity contribution in [1.29, 1.82) is 0 Å². The Morgan fingerprint density at radius 3 is 2.00 bits per heavy atom. The first-order valence-electron chi connectivity index (χ1n) is 4.93. The van der Waals surface area contributed by atoms with E-state index in [1.54, 1.807) is 6.92 Å². The molecule has 12 heavy (non-hydrogen) atoms. The van der Waals surface area contributed by atoms with Crippen LogP contribution in [0.25, 0.3) is 0 Å². The van der Waals surface area contributed by atoms with Gasteiger partial charge in [-0.3, -0.25) is 0 Å². The van der Waals surface area contributed by atoms with Crippen LogP contribution in [0.4, 0.5) is 0 Å². The maximum atomic E-state index is 10.8. The van der Waals surface area contributed by atoms with Crippen molar-refractivity contribution in [3.8, 4) is 0 Å². The van der Waals surface area contributed by atoms with Crippen molar-refractivity contribution in [3.05, 3.63) is 0 Å².